The van der Waals surface area contributed by atoms with Gasteiger partial charge in [0, 0.05) is 11.4 Å². The molecule has 1 aromatic carbocycles. The molecule has 0 radical (unpaired) electrons. The zero-order valence-corrected chi connectivity index (χ0v) is 16.9. The maximum Gasteiger partial charge on any atom is 0.512 e. The molecule has 2 aliphatic rings. The van der Waals surface area contributed by atoms with Crippen LogP contribution in [0.2, 0.25) is 0 Å². The van der Waals surface area contributed by atoms with E-state index in [9.17, 15) is 14.4 Å². The highest BCUT2D eigenvalue weighted by Gasteiger charge is 2.54. The van der Waals surface area contributed by atoms with E-state index in [-0.39, 0.29) is 29.1 Å². The number of rotatable bonds is 5. The molecule has 0 bridgehead atoms. The second-order valence-corrected chi connectivity index (χ2v) is 8.74. The van der Waals surface area contributed by atoms with Gasteiger partial charge in [0.25, 0.3) is 5.91 Å². The van der Waals surface area contributed by atoms with Crippen LogP contribution in [0.1, 0.15) is 0 Å². The Balaban J connectivity index is 1.35. The lowest BCUT2D eigenvalue weighted by Crippen LogP contribution is -2.70. The minimum atomic E-state index is -1.56. The van der Waals surface area contributed by atoms with Gasteiger partial charge in [-0.05, 0) is 18.2 Å². The number of benzene rings is 1. The molecule has 2 atom stereocenters. The largest absolute Gasteiger partial charge is 0.512 e. The lowest BCUT2D eigenvalue weighted by Gasteiger charge is -2.48. The van der Waals surface area contributed by atoms with Crippen LogP contribution in [0, 0.1) is 0 Å². The third-order valence-corrected chi connectivity index (χ3v) is 6.81. The number of nitrogens with two attached hydrogens (primary N) is 1. The molecule has 5 N–H and O–H groups in total. The van der Waals surface area contributed by atoms with Crippen LogP contribution in [0.25, 0.3) is 10.2 Å². The smallest absolute Gasteiger partial charge is 0.449 e. The fraction of sp³-hybridized carbons (Fsp3) is 0.250. The summed E-state index contributed by atoms with van der Waals surface area (Å²) in [7, 11) is 0. The van der Waals surface area contributed by atoms with Crippen molar-refractivity contribution < 1.29 is 24.2 Å². The van der Waals surface area contributed by atoms with Gasteiger partial charge in [-0.15, -0.1) is 11.8 Å². The molecule has 2 aliphatic heterocycles. The van der Waals surface area contributed by atoms with E-state index >= 15 is 0 Å². The van der Waals surface area contributed by atoms with Crippen molar-refractivity contribution in [2.24, 2.45) is 0 Å². The van der Waals surface area contributed by atoms with Crippen molar-refractivity contribution in [2.45, 2.75) is 11.4 Å². The zero-order chi connectivity index (χ0) is 20.7. The van der Waals surface area contributed by atoms with Gasteiger partial charge in [-0.1, -0.05) is 22.9 Å². The van der Waals surface area contributed by atoms with Crippen LogP contribution in [0.3, 0.4) is 0 Å². The summed E-state index contributed by atoms with van der Waals surface area (Å²) in [5.74, 6) is -0.782. The summed E-state index contributed by atoms with van der Waals surface area (Å²) in [6.07, 6.45) is -1.56. The second kappa shape index (κ2) is 7.61. The number of aromatic nitrogens is 1. The predicted octanol–water partition coefficient (Wildman–Crippen LogP) is 1.79. The number of thioether (sulfide) groups is 1. The quantitative estimate of drug-likeness (QED) is 0.391. The van der Waals surface area contributed by atoms with Gasteiger partial charge in [-0.2, -0.15) is 0 Å². The molecule has 3 heterocycles. The SMILES string of the molecule is Nc1nc2ccc(NCC(=O)NC3C(=O)N4C(OC(=O)O)=C(Cl)CS[C@@H]34)cc2s1. The first-order chi connectivity index (χ1) is 13.8. The van der Waals surface area contributed by atoms with Gasteiger partial charge in [-0.25, -0.2) is 9.78 Å². The number of hydrogen-bond donors (Lipinski definition) is 4. The first-order valence-electron chi connectivity index (χ1n) is 8.27. The molecule has 29 heavy (non-hydrogen) atoms. The van der Waals surface area contributed by atoms with Gasteiger partial charge >= 0.3 is 6.16 Å². The van der Waals surface area contributed by atoms with Gasteiger partial charge in [0.05, 0.1) is 21.8 Å². The Kier molecular flexibility index (Phi) is 5.15. The van der Waals surface area contributed by atoms with E-state index in [4.69, 9.17) is 22.4 Å². The van der Waals surface area contributed by atoms with Crippen molar-refractivity contribution in [3.8, 4) is 0 Å². The average Bonchev–Trinajstić information content (AvgIpc) is 3.04. The lowest BCUT2D eigenvalue weighted by atomic mass is 10.1. The number of carbonyl (C=O) groups excluding carboxylic acids is 2. The van der Waals surface area contributed by atoms with E-state index in [1.165, 1.54) is 23.1 Å². The fourth-order valence-corrected chi connectivity index (χ4v) is 5.24. The molecule has 1 aromatic heterocycles. The molecule has 0 aliphatic carbocycles. The molecule has 1 unspecified atom stereocenters. The Morgan fingerprint density at radius 1 is 1.45 bits per heavy atom. The second-order valence-electron chi connectivity index (χ2n) is 6.12. The zero-order valence-electron chi connectivity index (χ0n) is 14.5. The normalized spacial score (nSPS) is 20.9. The molecule has 0 saturated carbocycles. The van der Waals surface area contributed by atoms with E-state index in [1.54, 1.807) is 12.1 Å². The third kappa shape index (κ3) is 3.78. The molecule has 1 saturated heterocycles. The molecule has 2 amide bonds. The van der Waals surface area contributed by atoms with Gasteiger partial charge in [0.2, 0.25) is 11.8 Å². The monoisotopic (exact) mass is 455 g/mol. The van der Waals surface area contributed by atoms with Crippen molar-refractivity contribution >= 4 is 73.7 Å². The maximum absolute atomic E-state index is 12.4. The first-order valence-corrected chi connectivity index (χ1v) is 10.5. The number of ether oxygens (including phenoxy) is 1. The van der Waals surface area contributed by atoms with Crippen molar-refractivity contribution in [1.82, 2.24) is 15.2 Å². The van der Waals surface area contributed by atoms with Crippen LogP contribution >= 0.6 is 34.7 Å². The van der Waals surface area contributed by atoms with Crippen LogP contribution in [-0.2, 0) is 14.3 Å². The van der Waals surface area contributed by atoms with E-state index in [0.29, 0.717) is 5.13 Å². The van der Waals surface area contributed by atoms with E-state index in [2.05, 4.69) is 20.4 Å². The Labute approximate surface area is 177 Å². The van der Waals surface area contributed by atoms with E-state index in [0.717, 1.165) is 20.8 Å². The summed E-state index contributed by atoms with van der Waals surface area (Å²) in [4.78, 5) is 40.8. The molecule has 13 heteroatoms. The van der Waals surface area contributed by atoms with Crippen molar-refractivity contribution in [2.75, 3.05) is 23.3 Å². The van der Waals surface area contributed by atoms with Crippen molar-refractivity contribution in [3.63, 3.8) is 0 Å². The number of halogens is 1. The molecular formula is C16H14ClN5O5S2. The van der Waals surface area contributed by atoms with Gasteiger partial charge in [0.15, 0.2) is 5.13 Å². The highest BCUT2D eigenvalue weighted by molar-refractivity contribution is 8.00. The van der Waals surface area contributed by atoms with Crippen LogP contribution in [0.5, 0.6) is 0 Å². The number of carbonyl (C=O) groups is 3. The van der Waals surface area contributed by atoms with Crippen molar-refractivity contribution in [3.05, 3.63) is 29.1 Å². The molecule has 4 rings (SSSR count). The number of amides is 2. The number of anilines is 2. The minimum absolute atomic E-state index is 0.0456. The van der Waals surface area contributed by atoms with Crippen LogP contribution in [-0.4, -0.2) is 56.7 Å². The van der Waals surface area contributed by atoms with Crippen molar-refractivity contribution in [1.29, 1.82) is 0 Å². The molecule has 10 nitrogen and oxygen atoms in total. The highest BCUT2D eigenvalue weighted by atomic mass is 35.5. The van der Waals surface area contributed by atoms with E-state index in [1.807, 2.05) is 6.07 Å². The Morgan fingerprint density at radius 3 is 3.00 bits per heavy atom. The maximum atomic E-state index is 12.4. The van der Waals surface area contributed by atoms with Crippen LogP contribution < -0.4 is 16.4 Å². The number of β-lactam (4-membered cyclic amide) rings is 1. The number of carboxylic acid groups (broad SMARTS) is 1. The molecule has 0 spiro atoms. The van der Waals surface area contributed by atoms with Gasteiger partial charge < -0.3 is 26.2 Å². The number of nitrogen functional groups attached to an aromatic ring is 1. The Morgan fingerprint density at radius 2 is 2.24 bits per heavy atom. The topological polar surface area (TPSA) is 147 Å². The summed E-state index contributed by atoms with van der Waals surface area (Å²) < 4.78 is 5.52. The first kappa shape index (κ1) is 19.6. The van der Waals surface area contributed by atoms with Gasteiger partial charge in [-0.3, -0.25) is 14.5 Å². The number of nitrogens with zero attached hydrogens (tertiary/aromatic N) is 2. The fourth-order valence-electron chi connectivity index (χ4n) is 2.98. The summed E-state index contributed by atoms with van der Waals surface area (Å²) >= 11 is 8.63. The van der Waals surface area contributed by atoms with Crippen LogP contribution in [0.4, 0.5) is 15.6 Å². The number of hydrogen-bond acceptors (Lipinski definition) is 9. The minimum Gasteiger partial charge on any atom is -0.449 e. The molecule has 2 aromatic rings. The molecule has 1 fully saturated rings. The van der Waals surface area contributed by atoms with E-state index < -0.39 is 23.5 Å². The number of thiazole rings is 1. The summed E-state index contributed by atoms with van der Waals surface area (Å²) in [6.45, 7) is -0.0456. The third-order valence-electron chi connectivity index (χ3n) is 4.23. The molecular weight excluding hydrogens is 442 g/mol. The predicted molar refractivity (Wildman–Crippen MR) is 110 cm³/mol. The summed E-state index contributed by atoms with van der Waals surface area (Å²) in [5.41, 5.74) is 7.18. The molecule has 152 valence electrons. The van der Waals surface area contributed by atoms with Gasteiger partial charge in [0.1, 0.15) is 11.4 Å². The lowest BCUT2D eigenvalue weighted by molar-refractivity contribution is -0.148. The average molecular weight is 456 g/mol. The number of nitrogens with one attached hydrogen (secondary N) is 2. The Bertz CT molecular complexity index is 1060. The standard InChI is InChI=1S/C16H14ClN5O5S2/c17-7-5-28-14-11(12(24)22(14)13(7)27-16(25)26)21-10(23)4-19-6-1-2-8-9(3-6)29-15(18)20-8/h1-3,11,14,19H,4-5H2,(H2,18,20)(H,21,23)(H,25,26)/t11?,14-/m0/s1. The summed E-state index contributed by atoms with van der Waals surface area (Å²) in [5, 5.41) is 14.6. The Hall–Kier alpha value is -2.70. The van der Waals surface area contributed by atoms with Crippen LogP contribution in [0.15, 0.2) is 29.1 Å². The summed E-state index contributed by atoms with van der Waals surface area (Å²) in [6, 6.07) is 4.64. The highest BCUT2D eigenvalue weighted by Crippen LogP contribution is 2.41. The number of fused-ring (bicyclic) bond motifs is 2.